The molecule has 192 valence electrons. The van der Waals surface area contributed by atoms with E-state index in [-0.39, 0.29) is 0 Å². The highest BCUT2D eigenvalue weighted by atomic mass is 79.9. The molecular formula is C34H28BrN3O. The maximum Gasteiger partial charge on any atom is 0.157 e. The van der Waals surface area contributed by atoms with Gasteiger partial charge in [0.1, 0.15) is 17.0 Å². The molecule has 2 N–H and O–H groups in total. The van der Waals surface area contributed by atoms with Gasteiger partial charge in [0.2, 0.25) is 0 Å². The Morgan fingerprint density at radius 1 is 0.923 bits per heavy atom. The van der Waals surface area contributed by atoms with Crippen molar-refractivity contribution in [2.45, 2.75) is 19.9 Å². The molecule has 1 atom stereocenters. The van der Waals surface area contributed by atoms with Crippen LogP contribution in [0.5, 0.6) is 0 Å². The molecule has 1 aliphatic rings. The summed E-state index contributed by atoms with van der Waals surface area (Å²) in [6.45, 7) is 2.68. The lowest BCUT2D eigenvalue weighted by Gasteiger charge is -2.14. The Hall–Kier alpha value is -4.22. The number of furan rings is 1. The molecule has 5 aromatic rings. The van der Waals surface area contributed by atoms with Gasteiger partial charge < -0.3 is 10.2 Å². The molecule has 0 saturated carbocycles. The maximum atomic E-state index is 6.60. The molecule has 6 rings (SSSR count). The van der Waals surface area contributed by atoms with E-state index in [9.17, 15) is 0 Å². The number of hydrogen-bond acceptors (Lipinski definition) is 2. The molecule has 1 heterocycles. The first-order valence-corrected chi connectivity index (χ1v) is 13.9. The third-order valence-corrected chi connectivity index (χ3v) is 7.45. The van der Waals surface area contributed by atoms with Crippen LogP contribution in [0.1, 0.15) is 24.5 Å². The number of benzene rings is 4. The molecule has 4 nitrogen and oxygen atoms in total. The van der Waals surface area contributed by atoms with Gasteiger partial charge in [-0.2, -0.15) is 0 Å². The minimum Gasteiger partial charge on any atom is -0.456 e. The first kappa shape index (κ1) is 25.1. The summed E-state index contributed by atoms with van der Waals surface area (Å²) in [6, 6.07) is 30.8. The molecule has 39 heavy (non-hydrogen) atoms. The van der Waals surface area contributed by atoms with E-state index in [2.05, 4.69) is 77.5 Å². The van der Waals surface area contributed by atoms with Crippen molar-refractivity contribution in [2.75, 3.05) is 0 Å². The van der Waals surface area contributed by atoms with Crippen molar-refractivity contribution in [2.24, 2.45) is 21.6 Å². The van der Waals surface area contributed by atoms with Gasteiger partial charge in [0.25, 0.3) is 0 Å². The van der Waals surface area contributed by atoms with Gasteiger partial charge in [-0.3, -0.25) is 4.99 Å². The molecule has 1 unspecified atom stereocenters. The van der Waals surface area contributed by atoms with Crippen LogP contribution in [0.25, 0.3) is 33.1 Å². The third kappa shape index (κ3) is 5.23. The molecule has 5 heteroatoms. The number of nitrogens with two attached hydrogens (primary N) is 1. The fraction of sp³-hybridized carbons (Fsp3) is 0.118. The van der Waals surface area contributed by atoms with Gasteiger partial charge in [-0.25, -0.2) is 4.99 Å². The number of hydrogen-bond donors (Lipinski definition) is 1. The molecule has 0 bridgehead atoms. The lowest BCUT2D eigenvalue weighted by atomic mass is 9.94. The van der Waals surface area contributed by atoms with Crippen LogP contribution in [0.3, 0.4) is 0 Å². The highest BCUT2D eigenvalue weighted by Gasteiger charge is 2.18. The van der Waals surface area contributed by atoms with E-state index < -0.39 is 0 Å². The lowest BCUT2D eigenvalue weighted by Crippen LogP contribution is -2.19. The average molecular weight is 575 g/mol. The predicted molar refractivity (Wildman–Crippen MR) is 166 cm³/mol. The summed E-state index contributed by atoms with van der Waals surface area (Å²) < 4.78 is 7.22. The van der Waals surface area contributed by atoms with Crippen LogP contribution < -0.4 is 5.73 Å². The quantitative estimate of drug-likeness (QED) is 0.168. The lowest BCUT2D eigenvalue weighted by molar-refractivity contribution is 0.669. The number of halogens is 1. The van der Waals surface area contributed by atoms with Gasteiger partial charge in [0, 0.05) is 26.4 Å². The fourth-order valence-electron chi connectivity index (χ4n) is 5.06. The molecular weight excluding hydrogens is 546 g/mol. The summed E-state index contributed by atoms with van der Waals surface area (Å²) in [4.78, 5) is 9.96. The number of fused-ring (bicyclic) bond motifs is 3. The van der Waals surface area contributed by atoms with E-state index in [4.69, 9.17) is 20.1 Å². The Balaban J connectivity index is 1.54. The number of aliphatic imine (C=N–C) groups is 2. The molecule has 1 aromatic heterocycles. The zero-order valence-corrected chi connectivity index (χ0v) is 23.2. The molecule has 0 spiro atoms. The second kappa shape index (κ2) is 10.9. The van der Waals surface area contributed by atoms with E-state index in [1.54, 1.807) is 0 Å². The van der Waals surface area contributed by atoms with E-state index in [1.165, 1.54) is 0 Å². The van der Waals surface area contributed by atoms with Crippen molar-refractivity contribution >= 4 is 49.5 Å². The normalized spacial score (nSPS) is 16.2. The molecule has 1 aliphatic carbocycles. The summed E-state index contributed by atoms with van der Waals surface area (Å²) >= 11 is 3.63. The monoisotopic (exact) mass is 573 g/mol. The first-order chi connectivity index (χ1) is 19.1. The van der Waals surface area contributed by atoms with Gasteiger partial charge in [-0.1, -0.05) is 108 Å². The van der Waals surface area contributed by atoms with Gasteiger partial charge in [-0.15, -0.1) is 0 Å². The van der Waals surface area contributed by atoms with Crippen molar-refractivity contribution in [3.05, 3.63) is 130 Å². The predicted octanol–water partition coefficient (Wildman–Crippen LogP) is 8.84. The Kier molecular flexibility index (Phi) is 6.99. The van der Waals surface area contributed by atoms with Crippen LogP contribution in [0.4, 0.5) is 0 Å². The van der Waals surface area contributed by atoms with Gasteiger partial charge in [0.05, 0.1) is 6.54 Å². The number of nitrogens with zero attached hydrogens (tertiary/aromatic N) is 2. The van der Waals surface area contributed by atoms with E-state index in [1.807, 2.05) is 54.6 Å². The topological polar surface area (TPSA) is 63.9 Å². The number of rotatable bonds is 5. The maximum absolute atomic E-state index is 6.60. The first-order valence-electron chi connectivity index (χ1n) is 13.1. The Bertz CT molecular complexity index is 1790. The molecule has 4 aromatic carbocycles. The SMILES string of the molecule is CC1C=C(C(N)=NC(=NCc2ccccc2)c2ccccc2-c2cccc3oc4ccc(Br)cc4c23)C=CC1. The minimum absolute atomic E-state index is 0.419. The fourth-order valence-corrected chi connectivity index (χ4v) is 5.42. The standard InChI is InChI=1S/C34H28BrN3O/c1-22-9-7-12-24(19-22)33(36)38-34(37-21-23-10-3-2-4-11-23)28-14-6-5-13-26(28)27-15-8-16-31-32(27)29-20-25(35)17-18-30(29)39-31/h2-8,10-20,22H,9,21H2,1H3,(H2,36,37,38). The van der Waals surface area contributed by atoms with Crippen LogP contribution in [-0.2, 0) is 6.54 Å². The van der Waals surface area contributed by atoms with Crippen molar-refractivity contribution in [3.63, 3.8) is 0 Å². The highest BCUT2D eigenvalue weighted by Crippen LogP contribution is 2.39. The van der Waals surface area contributed by atoms with Gasteiger partial charge in [0.15, 0.2) is 5.84 Å². The minimum atomic E-state index is 0.419. The number of allylic oxidation sites excluding steroid dienone is 2. The Labute approximate surface area is 236 Å². The highest BCUT2D eigenvalue weighted by molar-refractivity contribution is 9.10. The Morgan fingerprint density at radius 3 is 2.56 bits per heavy atom. The smallest absolute Gasteiger partial charge is 0.157 e. The number of amidine groups is 2. The molecule has 0 radical (unpaired) electrons. The van der Waals surface area contributed by atoms with E-state index in [0.29, 0.717) is 24.1 Å². The van der Waals surface area contributed by atoms with Crippen LogP contribution in [0.15, 0.2) is 134 Å². The zero-order chi connectivity index (χ0) is 26.8. The van der Waals surface area contributed by atoms with Crippen molar-refractivity contribution in [3.8, 4) is 11.1 Å². The van der Waals surface area contributed by atoms with Crippen LogP contribution in [0.2, 0.25) is 0 Å². The molecule has 0 aliphatic heterocycles. The van der Waals surface area contributed by atoms with Crippen molar-refractivity contribution in [1.29, 1.82) is 0 Å². The summed E-state index contributed by atoms with van der Waals surface area (Å²) in [6.07, 6.45) is 7.39. The van der Waals surface area contributed by atoms with Crippen molar-refractivity contribution < 1.29 is 4.42 Å². The van der Waals surface area contributed by atoms with Gasteiger partial charge in [-0.05, 0) is 53.3 Å². The Morgan fingerprint density at radius 2 is 1.72 bits per heavy atom. The third-order valence-electron chi connectivity index (χ3n) is 6.96. The second-order valence-corrected chi connectivity index (χ2v) is 10.7. The van der Waals surface area contributed by atoms with Crippen molar-refractivity contribution in [1.82, 2.24) is 0 Å². The van der Waals surface area contributed by atoms with Crippen LogP contribution in [-0.4, -0.2) is 11.7 Å². The van der Waals surface area contributed by atoms with Crippen LogP contribution >= 0.6 is 15.9 Å². The molecule has 0 saturated heterocycles. The molecule has 0 fully saturated rings. The largest absolute Gasteiger partial charge is 0.456 e. The summed E-state index contributed by atoms with van der Waals surface area (Å²) in [5.41, 5.74) is 13.3. The van der Waals surface area contributed by atoms with E-state index >= 15 is 0 Å². The van der Waals surface area contributed by atoms with E-state index in [0.717, 1.165) is 60.7 Å². The zero-order valence-electron chi connectivity index (χ0n) is 21.6. The molecule has 0 amide bonds. The second-order valence-electron chi connectivity index (χ2n) is 9.83. The summed E-state index contributed by atoms with van der Waals surface area (Å²) in [7, 11) is 0. The summed E-state index contributed by atoms with van der Waals surface area (Å²) in [5.74, 6) is 1.49. The summed E-state index contributed by atoms with van der Waals surface area (Å²) in [5, 5.41) is 2.12. The van der Waals surface area contributed by atoms with Crippen LogP contribution in [0, 0.1) is 5.92 Å². The average Bonchev–Trinajstić information content (AvgIpc) is 3.34. The van der Waals surface area contributed by atoms with Gasteiger partial charge >= 0.3 is 0 Å².